The van der Waals surface area contributed by atoms with Gasteiger partial charge in [-0.05, 0) is 37.1 Å². The molecular weight excluding hydrogens is 260 g/mol. The van der Waals surface area contributed by atoms with Crippen LogP contribution in [0.4, 0.5) is 0 Å². The minimum Gasteiger partial charge on any atom is -0.497 e. The molecule has 0 bridgehead atoms. The molecule has 4 heteroatoms. The number of ether oxygens (including phenoxy) is 1. The quantitative estimate of drug-likeness (QED) is 0.920. The van der Waals surface area contributed by atoms with Crippen molar-refractivity contribution in [1.82, 2.24) is 0 Å². The number of carboxylic acid groups (broad SMARTS) is 1. The summed E-state index contributed by atoms with van der Waals surface area (Å²) in [5.74, 6) is -0.703. The zero-order valence-electron chi connectivity index (χ0n) is 8.87. The van der Waals surface area contributed by atoms with E-state index in [1.807, 2.05) is 13.0 Å². The molecule has 0 amide bonds. The fourth-order valence-electron chi connectivity index (χ4n) is 1.37. The number of benzene rings is 1. The average molecular weight is 273 g/mol. The second-order valence-electron chi connectivity index (χ2n) is 3.38. The van der Waals surface area contributed by atoms with E-state index in [-0.39, 0.29) is 0 Å². The van der Waals surface area contributed by atoms with Crippen LogP contribution in [-0.4, -0.2) is 18.2 Å². The van der Waals surface area contributed by atoms with E-state index in [2.05, 4.69) is 15.9 Å². The Labute approximate surface area is 97.2 Å². The molecule has 0 aliphatic rings. The monoisotopic (exact) mass is 272 g/mol. The van der Waals surface area contributed by atoms with E-state index in [9.17, 15) is 4.79 Å². The van der Waals surface area contributed by atoms with Gasteiger partial charge in [0.05, 0.1) is 13.0 Å². The number of rotatable bonds is 3. The lowest BCUT2D eigenvalue weighted by Gasteiger charge is -2.13. The van der Waals surface area contributed by atoms with Crippen LogP contribution in [0.15, 0.2) is 16.6 Å². The van der Waals surface area contributed by atoms with Crippen LogP contribution in [0.2, 0.25) is 0 Å². The van der Waals surface area contributed by atoms with Crippen LogP contribution in [-0.2, 0) is 4.79 Å². The molecule has 0 radical (unpaired) electrons. The lowest BCUT2D eigenvalue weighted by Crippen LogP contribution is -2.09. The van der Waals surface area contributed by atoms with Crippen LogP contribution in [0, 0.1) is 6.92 Å². The molecule has 0 aromatic heterocycles. The molecule has 0 saturated heterocycles. The van der Waals surface area contributed by atoms with Crippen molar-refractivity contribution < 1.29 is 14.6 Å². The molecule has 0 aliphatic heterocycles. The summed E-state index contributed by atoms with van der Waals surface area (Å²) in [6.07, 6.45) is 0. The summed E-state index contributed by atoms with van der Waals surface area (Å²) in [5.41, 5.74) is 1.71. The molecule has 1 rings (SSSR count). The van der Waals surface area contributed by atoms with E-state index in [4.69, 9.17) is 9.84 Å². The highest BCUT2D eigenvalue weighted by Crippen LogP contribution is 2.31. The SMILES string of the molecule is COc1cc(Br)c(C)c(C(C)C(=O)O)c1. The topological polar surface area (TPSA) is 46.5 Å². The van der Waals surface area contributed by atoms with Gasteiger partial charge in [-0.2, -0.15) is 0 Å². The van der Waals surface area contributed by atoms with Gasteiger partial charge in [-0.1, -0.05) is 15.9 Å². The molecule has 82 valence electrons. The minimum absolute atomic E-state index is 0.531. The summed E-state index contributed by atoms with van der Waals surface area (Å²) >= 11 is 3.38. The van der Waals surface area contributed by atoms with E-state index in [1.54, 1.807) is 20.1 Å². The molecule has 1 unspecified atom stereocenters. The van der Waals surface area contributed by atoms with Crippen molar-refractivity contribution in [2.24, 2.45) is 0 Å². The van der Waals surface area contributed by atoms with Crippen LogP contribution in [0.3, 0.4) is 0 Å². The first kappa shape index (κ1) is 12.0. The molecule has 1 atom stereocenters. The molecule has 0 saturated carbocycles. The van der Waals surface area contributed by atoms with Gasteiger partial charge in [0.2, 0.25) is 0 Å². The molecule has 15 heavy (non-hydrogen) atoms. The fraction of sp³-hybridized carbons (Fsp3) is 0.364. The average Bonchev–Trinajstić information content (AvgIpc) is 2.20. The number of hydrogen-bond donors (Lipinski definition) is 1. The summed E-state index contributed by atoms with van der Waals surface area (Å²) in [4.78, 5) is 10.9. The Hall–Kier alpha value is -1.03. The fourth-order valence-corrected chi connectivity index (χ4v) is 1.83. The number of carboxylic acids is 1. The Bertz CT molecular complexity index is 388. The van der Waals surface area contributed by atoms with Gasteiger partial charge in [0.15, 0.2) is 0 Å². The predicted molar refractivity (Wildman–Crippen MR) is 61.5 cm³/mol. The Balaban J connectivity index is 3.27. The lowest BCUT2D eigenvalue weighted by molar-refractivity contribution is -0.138. The number of methoxy groups -OCH3 is 1. The van der Waals surface area contributed by atoms with Crippen molar-refractivity contribution in [3.05, 3.63) is 27.7 Å². The standard InChI is InChI=1S/C11H13BrO3/c1-6-9(7(2)11(13)14)4-8(15-3)5-10(6)12/h4-5,7H,1-3H3,(H,13,14). The van der Waals surface area contributed by atoms with E-state index < -0.39 is 11.9 Å². The summed E-state index contributed by atoms with van der Waals surface area (Å²) in [6.45, 7) is 3.55. The van der Waals surface area contributed by atoms with Crippen molar-refractivity contribution in [3.63, 3.8) is 0 Å². The third-order valence-corrected chi connectivity index (χ3v) is 3.25. The van der Waals surface area contributed by atoms with Gasteiger partial charge in [-0.15, -0.1) is 0 Å². The molecule has 0 heterocycles. The molecule has 0 fully saturated rings. The zero-order valence-corrected chi connectivity index (χ0v) is 10.5. The van der Waals surface area contributed by atoms with Crippen molar-refractivity contribution in [2.45, 2.75) is 19.8 Å². The second kappa shape index (κ2) is 4.66. The Kier molecular flexibility index (Phi) is 3.74. The van der Waals surface area contributed by atoms with Crippen molar-refractivity contribution in [2.75, 3.05) is 7.11 Å². The first-order valence-electron chi connectivity index (χ1n) is 4.54. The maximum absolute atomic E-state index is 10.9. The van der Waals surface area contributed by atoms with E-state index >= 15 is 0 Å². The maximum atomic E-state index is 10.9. The Morgan fingerprint density at radius 2 is 2.13 bits per heavy atom. The molecule has 0 spiro atoms. The number of carbonyl (C=O) groups is 1. The van der Waals surface area contributed by atoms with E-state index in [0.717, 1.165) is 15.6 Å². The summed E-state index contributed by atoms with van der Waals surface area (Å²) in [6, 6.07) is 3.59. The predicted octanol–water partition coefficient (Wildman–Crippen LogP) is 2.95. The number of hydrogen-bond acceptors (Lipinski definition) is 2. The van der Waals surface area contributed by atoms with E-state index in [0.29, 0.717) is 5.75 Å². The minimum atomic E-state index is -0.835. The third-order valence-electron chi connectivity index (χ3n) is 2.43. The number of aliphatic carboxylic acids is 1. The molecule has 1 aromatic rings. The Morgan fingerprint density at radius 1 is 1.53 bits per heavy atom. The highest BCUT2D eigenvalue weighted by molar-refractivity contribution is 9.10. The van der Waals surface area contributed by atoms with Gasteiger partial charge in [0.25, 0.3) is 0 Å². The molecule has 1 aromatic carbocycles. The van der Waals surface area contributed by atoms with Crippen LogP contribution < -0.4 is 4.74 Å². The molecule has 1 N–H and O–H groups in total. The second-order valence-corrected chi connectivity index (χ2v) is 4.24. The summed E-state index contributed by atoms with van der Waals surface area (Å²) in [7, 11) is 1.56. The summed E-state index contributed by atoms with van der Waals surface area (Å²) < 4.78 is 5.96. The van der Waals surface area contributed by atoms with Gasteiger partial charge in [-0.25, -0.2) is 0 Å². The smallest absolute Gasteiger partial charge is 0.310 e. The first-order valence-corrected chi connectivity index (χ1v) is 5.33. The van der Waals surface area contributed by atoms with Crippen LogP contribution >= 0.6 is 15.9 Å². The lowest BCUT2D eigenvalue weighted by atomic mass is 9.96. The van der Waals surface area contributed by atoms with Crippen LogP contribution in [0.5, 0.6) is 5.75 Å². The van der Waals surface area contributed by atoms with Gasteiger partial charge < -0.3 is 9.84 Å². The van der Waals surface area contributed by atoms with Gasteiger partial charge in [-0.3, -0.25) is 4.79 Å². The van der Waals surface area contributed by atoms with Crippen LogP contribution in [0.1, 0.15) is 24.0 Å². The largest absolute Gasteiger partial charge is 0.497 e. The first-order chi connectivity index (χ1) is 6.97. The van der Waals surface area contributed by atoms with Crippen molar-refractivity contribution in [1.29, 1.82) is 0 Å². The van der Waals surface area contributed by atoms with Crippen molar-refractivity contribution in [3.8, 4) is 5.75 Å². The molecule has 0 aliphatic carbocycles. The van der Waals surface area contributed by atoms with Crippen LogP contribution in [0.25, 0.3) is 0 Å². The Morgan fingerprint density at radius 3 is 2.60 bits per heavy atom. The third kappa shape index (κ3) is 2.50. The van der Waals surface area contributed by atoms with Gasteiger partial charge in [0, 0.05) is 4.47 Å². The van der Waals surface area contributed by atoms with Gasteiger partial charge in [0.1, 0.15) is 5.75 Å². The molecule has 3 nitrogen and oxygen atoms in total. The number of halogens is 1. The highest BCUT2D eigenvalue weighted by Gasteiger charge is 2.18. The van der Waals surface area contributed by atoms with Crippen molar-refractivity contribution >= 4 is 21.9 Å². The molecular formula is C11H13BrO3. The zero-order chi connectivity index (χ0) is 11.6. The van der Waals surface area contributed by atoms with E-state index in [1.165, 1.54) is 0 Å². The summed E-state index contributed by atoms with van der Waals surface area (Å²) in [5, 5.41) is 8.96. The van der Waals surface area contributed by atoms with Gasteiger partial charge >= 0.3 is 5.97 Å². The maximum Gasteiger partial charge on any atom is 0.310 e. The highest BCUT2D eigenvalue weighted by atomic mass is 79.9. The normalized spacial score (nSPS) is 12.3.